The fraction of sp³-hybridized carbons (Fsp3) is 0.600. The van der Waals surface area contributed by atoms with Gasteiger partial charge in [-0.15, -0.1) is 0 Å². The van der Waals surface area contributed by atoms with E-state index in [-0.39, 0.29) is 70.4 Å². The maximum absolute atomic E-state index is 10.1. The largest absolute Gasteiger partial charge is 2.00 e. The van der Waals surface area contributed by atoms with Crippen molar-refractivity contribution in [3.8, 4) is 0 Å². The normalized spacial score (nSPS) is 7.67. The summed E-state index contributed by atoms with van der Waals surface area (Å²) in [5.74, 6) is -0.993. The van der Waals surface area contributed by atoms with Crippen LogP contribution in [0.15, 0.2) is 0 Å². The maximum Gasteiger partial charge on any atom is 2.00 e. The first-order valence-corrected chi connectivity index (χ1v) is 2.34. The summed E-state index contributed by atoms with van der Waals surface area (Å²) in [5, 5.41) is 8.01. The van der Waals surface area contributed by atoms with Crippen molar-refractivity contribution < 1.29 is 17.5 Å². The van der Waals surface area contributed by atoms with E-state index in [0.717, 1.165) is 0 Å². The van der Waals surface area contributed by atoms with Crippen LogP contribution in [-0.2, 0) is 9.59 Å². The molecule has 0 aromatic carbocycles. The molecule has 0 aliphatic rings. The monoisotopic (exact) mass is 256 g/mol. The molecule has 1 N–H and O–H groups in total. The van der Waals surface area contributed by atoms with Gasteiger partial charge in [0, 0.05) is 6.42 Å². The molecule has 0 unspecified atom stereocenters. The molecule has 50 valence electrons. The zero-order valence-corrected chi connectivity index (χ0v) is 9.83. The number of hydrogen-bond acceptors (Lipinski definition) is 2. The summed E-state index contributed by atoms with van der Waals surface area (Å²) >= 11 is 0. The number of carbonyl (C=O) groups is 2. The first-order chi connectivity index (χ1) is 3.63. The molecule has 0 fully saturated rings. The second-order valence-electron chi connectivity index (χ2n) is 1.60. The van der Waals surface area contributed by atoms with Crippen molar-refractivity contribution in [3.63, 3.8) is 0 Å². The molecular formula is C5H10BaO3. The van der Waals surface area contributed by atoms with Gasteiger partial charge in [-0.25, -0.2) is 0 Å². The number of carboxylic acid groups (broad SMARTS) is 1. The molecule has 9 heavy (non-hydrogen) atoms. The number of carboxylic acids is 1. The van der Waals surface area contributed by atoms with Crippen molar-refractivity contribution in [3.05, 3.63) is 0 Å². The first kappa shape index (κ1) is 12.4. The third-order valence-electron chi connectivity index (χ3n) is 0.691. The Kier molecular flexibility index (Phi) is 9.40. The molecule has 0 amide bonds. The van der Waals surface area contributed by atoms with Crippen LogP contribution in [0.5, 0.6) is 0 Å². The molecular weight excluding hydrogens is 245 g/mol. The van der Waals surface area contributed by atoms with E-state index in [4.69, 9.17) is 5.11 Å². The van der Waals surface area contributed by atoms with Gasteiger partial charge in [0.1, 0.15) is 5.78 Å². The zero-order chi connectivity index (χ0) is 6.57. The van der Waals surface area contributed by atoms with Gasteiger partial charge in [0.25, 0.3) is 0 Å². The SMILES string of the molecule is CC(=O)CCC(=O)O.[Ba+2].[H-].[H-]. The van der Waals surface area contributed by atoms with E-state index in [2.05, 4.69) is 0 Å². The van der Waals surface area contributed by atoms with E-state index in [9.17, 15) is 9.59 Å². The van der Waals surface area contributed by atoms with Crippen molar-refractivity contribution >= 4 is 60.6 Å². The molecule has 3 nitrogen and oxygen atoms in total. The van der Waals surface area contributed by atoms with Crippen LogP contribution in [0.2, 0.25) is 0 Å². The Bertz CT molecular complexity index is 104. The molecule has 0 heterocycles. The van der Waals surface area contributed by atoms with Crippen molar-refractivity contribution in [2.45, 2.75) is 19.8 Å². The molecule has 0 atom stereocenters. The summed E-state index contributed by atoms with van der Waals surface area (Å²) in [6, 6.07) is 0. The van der Waals surface area contributed by atoms with Gasteiger partial charge in [0.2, 0.25) is 0 Å². The predicted octanol–water partition coefficient (Wildman–Crippen LogP) is 0.284. The number of hydrogen-bond donors (Lipinski definition) is 1. The molecule has 0 spiro atoms. The average molecular weight is 255 g/mol. The van der Waals surface area contributed by atoms with Gasteiger partial charge in [-0.2, -0.15) is 0 Å². The van der Waals surface area contributed by atoms with E-state index < -0.39 is 5.97 Å². The molecule has 0 bridgehead atoms. The topological polar surface area (TPSA) is 54.4 Å². The minimum absolute atomic E-state index is 0. The van der Waals surface area contributed by atoms with E-state index in [1.165, 1.54) is 6.92 Å². The van der Waals surface area contributed by atoms with Crippen LogP contribution in [0.25, 0.3) is 0 Å². The third kappa shape index (κ3) is 12.0. The second kappa shape index (κ2) is 6.83. The molecule has 0 aromatic rings. The molecule has 0 radical (unpaired) electrons. The van der Waals surface area contributed by atoms with Crippen molar-refractivity contribution in [1.29, 1.82) is 0 Å². The maximum atomic E-state index is 10.1. The quantitative estimate of drug-likeness (QED) is 0.737. The summed E-state index contributed by atoms with van der Waals surface area (Å²) < 4.78 is 0. The van der Waals surface area contributed by atoms with Crippen LogP contribution in [0.1, 0.15) is 22.6 Å². The van der Waals surface area contributed by atoms with E-state index in [1.807, 2.05) is 0 Å². The van der Waals surface area contributed by atoms with E-state index >= 15 is 0 Å². The Morgan fingerprint density at radius 1 is 1.44 bits per heavy atom. The van der Waals surface area contributed by atoms with E-state index in [1.54, 1.807) is 0 Å². The Hall–Kier alpha value is 0.711. The van der Waals surface area contributed by atoms with Crippen LogP contribution in [0.4, 0.5) is 0 Å². The molecule has 0 rings (SSSR count). The third-order valence-corrected chi connectivity index (χ3v) is 0.691. The van der Waals surface area contributed by atoms with Crippen LogP contribution in [-0.4, -0.2) is 65.7 Å². The fourth-order valence-electron chi connectivity index (χ4n) is 0.283. The molecule has 0 saturated heterocycles. The average Bonchev–Trinajstić information content (AvgIpc) is 1.61. The number of Topliss-reactive ketones (excluding diaryl/α,β-unsaturated/α-hetero) is 1. The van der Waals surface area contributed by atoms with Crippen LogP contribution in [0, 0.1) is 0 Å². The van der Waals surface area contributed by atoms with Crippen LogP contribution < -0.4 is 0 Å². The van der Waals surface area contributed by atoms with Gasteiger partial charge < -0.3 is 12.8 Å². The van der Waals surface area contributed by atoms with Crippen molar-refractivity contribution in [2.75, 3.05) is 0 Å². The summed E-state index contributed by atoms with van der Waals surface area (Å²) in [6.07, 6.45) is 0.102. The number of rotatable bonds is 3. The van der Waals surface area contributed by atoms with Gasteiger partial charge in [0.15, 0.2) is 0 Å². The van der Waals surface area contributed by atoms with Gasteiger partial charge in [-0.05, 0) is 6.92 Å². The Morgan fingerprint density at radius 2 is 1.89 bits per heavy atom. The molecule has 0 aliphatic carbocycles. The number of carbonyl (C=O) groups excluding carboxylic acids is 1. The Morgan fingerprint density at radius 3 is 2.00 bits per heavy atom. The summed E-state index contributed by atoms with van der Waals surface area (Å²) in [6.45, 7) is 1.38. The predicted molar refractivity (Wildman–Crippen MR) is 35.5 cm³/mol. The molecule has 0 aliphatic heterocycles. The van der Waals surface area contributed by atoms with Crippen molar-refractivity contribution in [2.24, 2.45) is 0 Å². The molecule has 0 saturated carbocycles. The smallest absolute Gasteiger partial charge is 1.00 e. The van der Waals surface area contributed by atoms with Gasteiger partial charge in [-0.1, -0.05) is 0 Å². The first-order valence-electron chi connectivity index (χ1n) is 2.34. The zero-order valence-electron chi connectivity index (χ0n) is 7.39. The summed E-state index contributed by atoms with van der Waals surface area (Å²) in [5.41, 5.74) is 0. The summed E-state index contributed by atoms with van der Waals surface area (Å²) in [7, 11) is 0. The van der Waals surface area contributed by atoms with Crippen LogP contribution in [0.3, 0.4) is 0 Å². The second-order valence-corrected chi connectivity index (χ2v) is 1.60. The van der Waals surface area contributed by atoms with Gasteiger partial charge >= 0.3 is 54.9 Å². The fourth-order valence-corrected chi connectivity index (χ4v) is 0.283. The summed E-state index contributed by atoms with van der Waals surface area (Å²) in [4.78, 5) is 19.8. The van der Waals surface area contributed by atoms with Crippen LogP contribution >= 0.6 is 0 Å². The molecule has 0 aromatic heterocycles. The van der Waals surface area contributed by atoms with E-state index in [0.29, 0.717) is 0 Å². The van der Waals surface area contributed by atoms with Gasteiger partial charge in [0.05, 0.1) is 6.42 Å². The standard InChI is InChI=1S/C5H8O3.Ba.2H/c1-4(6)2-3-5(7)8;;;/h2-3H2,1H3,(H,7,8);;;/q;+2;2*-1. The van der Waals surface area contributed by atoms with Crippen molar-refractivity contribution in [1.82, 2.24) is 0 Å². The minimum atomic E-state index is -0.916. The minimum Gasteiger partial charge on any atom is -1.00 e. The van der Waals surface area contributed by atoms with Gasteiger partial charge in [-0.3, -0.25) is 4.79 Å². The number of ketones is 1. The molecule has 4 heteroatoms. The Labute approximate surface area is 96.9 Å². The number of aliphatic carboxylic acids is 1. The Balaban J connectivity index is -0.0000000817.